The van der Waals surface area contributed by atoms with Crippen LogP contribution in [0.25, 0.3) is 0 Å². The van der Waals surface area contributed by atoms with Crippen molar-refractivity contribution >= 4 is 27.7 Å². The van der Waals surface area contributed by atoms with Crippen LogP contribution in [0.3, 0.4) is 0 Å². The Balaban J connectivity index is 1.65. The smallest absolute Gasteiger partial charge is 0.351 e. The zero-order valence-electron chi connectivity index (χ0n) is 14.6. The van der Waals surface area contributed by atoms with E-state index in [1.54, 1.807) is 6.92 Å². The average molecular weight is 435 g/mol. The maximum atomic E-state index is 12.7. The molecule has 0 aliphatic carbocycles. The van der Waals surface area contributed by atoms with Crippen molar-refractivity contribution in [3.8, 4) is 0 Å². The van der Waals surface area contributed by atoms with E-state index in [0.717, 1.165) is 24.3 Å². The first kappa shape index (κ1) is 20.7. The molecule has 0 N–H and O–H groups in total. The van der Waals surface area contributed by atoms with E-state index in [1.807, 2.05) is 0 Å². The molecule has 0 bridgehead atoms. The third kappa shape index (κ3) is 4.67. The molecule has 12 heteroatoms. The highest BCUT2D eigenvalue weighted by Crippen LogP contribution is 2.37. The summed E-state index contributed by atoms with van der Waals surface area (Å²) in [7, 11) is -3.86. The molecule has 0 saturated carbocycles. The van der Waals surface area contributed by atoms with Gasteiger partial charge in [-0.1, -0.05) is 5.16 Å². The van der Waals surface area contributed by atoms with Crippen LogP contribution in [0.2, 0.25) is 0 Å². The molecule has 0 spiro atoms. The van der Waals surface area contributed by atoms with Gasteiger partial charge < -0.3 is 9.42 Å². The van der Waals surface area contributed by atoms with Crippen molar-refractivity contribution in [3.05, 3.63) is 41.8 Å². The number of sulfonamides is 1. The van der Waals surface area contributed by atoms with Gasteiger partial charge in [-0.15, -0.1) is 0 Å². The van der Waals surface area contributed by atoms with E-state index in [-0.39, 0.29) is 59.4 Å². The maximum absolute atomic E-state index is 12.7. The summed E-state index contributed by atoms with van der Waals surface area (Å²) >= 11 is -0.308. The van der Waals surface area contributed by atoms with Crippen LogP contribution < -0.4 is 0 Å². The molecule has 152 valence electrons. The number of aryl methyl sites for hydroxylation is 1. The minimum absolute atomic E-state index is 0.0697. The molecule has 7 nitrogen and oxygen atoms in total. The largest absolute Gasteiger partial charge is 0.446 e. The fourth-order valence-electron chi connectivity index (χ4n) is 2.71. The molecule has 3 rings (SSSR count). The summed E-state index contributed by atoms with van der Waals surface area (Å²) in [5, 5.41) is 3.65. The van der Waals surface area contributed by atoms with Crippen molar-refractivity contribution in [2.24, 2.45) is 0 Å². The highest BCUT2D eigenvalue weighted by atomic mass is 32.2. The van der Waals surface area contributed by atoms with E-state index in [0.29, 0.717) is 5.69 Å². The molecule has 1 aromatic carbocycles. The summed E-state index contributed by atoms with van der Waals surface area (Å²) in [5.74, 6) is -0.280. The Morgan fingerprint density at radius 1 is 1.14 bits per heavy atom. The van der Waals surface area contributed by atoms with E-state index in [9.17, 15) is 26.4 Å². The van der Waals surface area contributed by atoms with Gasteiger partial charge in [0, 0.05) is 37.1 Å². The monoisotopic (exact) mass is 435 g/mol. The summed E-state index contributed by atoms with van der Waals surface area (Å²) < 4.78 is 68.7. The van der Waals surface area contributed by atoms with E-state index >= 15 is 0 Å². The van der Waals surface area contributed by atoms with Gasteiger partial charge in [0.05, 0.1) is 10.6 Å². The molecule has 0 unspecified atom stereocenters. The Labute approximate surface area is 163 Å². The topological polar surface area (TPSA) is 83.7 Å². The van der Waals surface area contributed by atoms with Crippen molar-refractivity contribution in [1.29, 1.82) is 0 Å². The van der Waals surface area contributed by atoms with Crippen LogP contribution in [0.4, 0.5) is 13.2 Å². The van der Waals surface area contributed by atoms with Gasteiger partial charge in [-0.05, 0) is 43.0 Å². The minimum atomic E-state index is -4.44. The predicted octanol–water partition coefficient (Wildman–Crippen LogP) is 2.74. The van der Waals surface area contributed by atoms with Gasteiger partial charge in [0.2, 0.25) is 15.8 Å². The van der Waals surface area contributed by atoms with Gasteiger partial charge in [-0.25, -0.2) is 8.42 Å². The Hall–Kier alpha value is -2.05. The number of carbonyl (C=O) groups excluding carboxylic acids is 1. The van der Waals surface area contributed by atoms with Gasteiger partial charge in [0.15, 0.2) is 0 Å². The standard InChI is InChI=1S/C16H16F3N3O4S2/c1-11-10-14(26-20-11)15(23)21-6-8-22(9-7-21)28(24,25)13-4-2-12(3-5-13)27-16(17,18)19/h2-5,10H,6-9H2,1H3. The minimum Gasteiger partial charge on any atom is -0.351 e. The lowest BCUT2D eigenvalue weighted by Gasteiger charge is -2.33. The number of benzene rings is 1. The fourth-order valence-corrected chi connectivity index (χ4v) is 4.68. The summed E-state index contributed by atoms with van der Waals surface area (Å²) in [6.45, 7) is 2.16. The van der Waals surface area contributed by atoms with Gasteiger partial charge in [0.25, 0.3) is 5.91 Å². The van der Waals surface area contributed by atoms with Crippen LogP contribution in [0, 0.1) is 6.92 Å². The molecular weight excluding hydrogens is 419 g/mol. The second-order valence-electron chi connectivity index (χ2n) is 6.05. The number of carbonyl (C=O) groups is 1. The summed E-state index contributed by atoms with van der Waals surface area (Å²) in [4.78, 5) is 13.6. The highest BCUT2D eigenvalue weighted by molar-refractivity contribution is 8.00. The quantitative estimate of drug-likeness (QED) is 0.687. The number of nitrogens with zero attached hydrogens (tertiary/aromatic N) is 3. The Morgan fingerprint density at radius 3 is 2.25 bits per heavy atom. The van der Waals surface area contributed by atoms with Gasteiger partial charge >= 0.3 is 5.51 Å². The number of aromatic nitrogens is 1. The number of amides is 1. The lowest BCUT2D eigenvalue weighted by molar-refractivity contribution is -0.0328. The Morgan fingerprint density at radius 2 is 1.75 bits per heavy atom. The lowest BCUT2D eigenvalue weighted by atomic mass is 10.3. The molecule has 1 saturated heterocycles. The number of alkyl halides is 3. The van der Waals surface area contributed by atoms with Gasteiger partial charge in [-0.3, -0.25) is 4.79 Å². The third-order valence-electron chi connectivity index (χ3n) is 4.06. The zero-order valence-corrected chi connectivity index (χ0v) is 16.3. The second kappa shape index (κ2) is 7.76. The average Bonchev–Trinajstić information content (AvgIpc) is 3.07. The van der Waals surface area contributed by atoms with Crippen LogP contribution >= 0.6 is 11.8 Å². The molecular formula is C16H16F3N3O4S2. The van der Waals surface area contributed by atoms with Crippen molar-refractivity contribution in [2.75, 3.05) is 26.2 Å². The van der Waals surface area contributed by atoms with Crippen LogP contribution in [0.1, 0.15) is 16.2 Å². The van der Waals surface area contributed by atoms with E-state index in [2.05, 4.69) is 5.16 Å². The maximum Gasteiger partial charge on any atom is 0.446 e. The van der Waals surface area contributed by atoms with Crippen LogP contribution in [0.15, 0.2) is 44.6 Å². The van der Waals surface area contributed by atoms with Crippen LogP contribution in [-0.2, 0) is 10.0 Å². The van der Waals surface area contributed by atoms with Gasteiger partial charge in [-0.2, -0.15) is 17.5 Å². The van der Waals surface area contributed by atoms with E-state index in [1.165, 1.54) is 15.3 Å². The van der Waals surface area contributed by atoms with Crippen molar-refractivity contribution in [2.45, 2.75) is 22.2 Å². The summed E-state index contributed by atoms with van der Waals surface area (Å²) in [6, 6.07) is 6.05. The lowest BCUT2D eigenvalue weighted by Crippen LogP contribution is -2.50. The summed E-state index contributed by atoms with van der Waals surface area (Å²) in [5.41, 5.74) is -3.87. The number of thioether (sulfide) groups is 1. The van der Waals surface area contributed by atoms with Crippen molar-refractivity contribution < 1.29 is 30.9 Å². The van der Waals surface area contributed by atoms with Gasteiger partial charge in [0.1, 0.15) is 0 Å². The normalized spacial score (nSPS) is 16.4. The van der Waals surface area contributed by atoms with Crippen molar-refractivity contribution in [1.82, 2.24) is 14.4 Å². The molecule has 1 aromatic heterocycles. The molecule has 1 aliphatic rings. The molecule has 1 aliphatic heterocycles. The SMILES string of the molecule is Cc1cc(C(=O)N2CCN(S(=O)(=O)c3ccc(SC(F)(F)F)cc3)CC2)on1. The number of hydrogen-bond donors (Lipinski definition) is 0. The molecule has 2 heterocycles. The van der Waals surface area contributed by atoms with E-state index < -0.39 is 15.5 Å². The van der Waals surface area contributed by atoms with Crippen LogP contribution in [0.5, 0.6) is 0 Å². The molecule has 0 atom stereocenters. The first-order valence-electron chi connectivity index (χ1n) is 8.15. The molecule has 28 heavy (non-hydrogen) atoms. The number of piperazine rings is 1. The molecule has 0 radical (unpaired) electrons. The Bertz CT molecular complexity index is 950. The van der Waals surface area contributed by atoms with Crippen molar-refractivity contribution in [3.63, 3.8) is 0 Å². The predicted molar refractivity (Wildman–Crippen MR) is 94.3 cm³/mol. The fraction of sp³-hybridized carbons (Fsp3) is 0.375. The first-order valence-corrected chi connectivity index (χ1v) is 10.4. The number of hydrogen-bond acceptors (Lipinski definition) is 6. The third-order valence-corrected chi connectivity index (χ3v) is 6.71. The number of halogens is 3. The van der Waals surface area contributed by atoms with E-state index in [4.69, 9.17) is 4.52 Å². The second-order valence-corrected chi connectivity index (χ2v) is 9.12. The highest BCUT2D eigenvalue weighted by Gasteiger charge is 2.32. The number of rotatable bonds is 4. The molecule has 2 aromatic rings. The zero-order chi connectivity index (χ0) is 20.5. The molecule has 1 fully saturated rings. The van der Waals surface area contributed by atoms with Crippen LogP contribution in [-0.4, -0.2) is 60.4 Å². The Kier molecular flexibility index (Phi) is 5.73. The first-order chi connectivity index (χ1) is 13.1. The summed E-state index contributed by atoms with van der Waals surface area (Å²) in [6.07, 6.45) is 0. The molecule has 1 amide bonds.